The van der Waals surface area contributed by atoms with Crippen LogP contribution in [0.25, 0.3) is 22.0 Å². The number of ketones is 1. The van der Waals surface area contributed by atoms with Gasteiger partial charge < -0.3 is 4.90 Å². The van der Waals surface area contributed by atoms with Gasteiger partial charge in [0.2, 0.25) is 0 Å². The highest BCUT2D eigenvalue weighted by atomic mass is 35.5. The first kappa shape index (κ1) is 19.5. The zero-order valence-electron chi connectivity index (χ0n) is 14.2. The Morgan fingerprint density at radius 3 is 2.26 bits per heavy atom. The Bertz CT molecular complexity index is 1030. The van der Waals surface area contributed by atoms with Crippen LogP contribution in [0.15, 0.2) is 42.6 Å². The van der Waals surface area contributed by atoms with Gasteiger partial charge in [-0.15, -0.1) is 0 Å². The molecule has 0 aliphatic rings. The molecule has 0 amide bonds. The Hall–Kier alpha value is -2.31. The molecule has 0 saturated carbocycles. The summed E-state index contributed by atoms with van der Waals surface area (Å²) >= 11 is 12.1. The molecule has 3 nitrogen and oxygen atoms in total. The van der Waals surface area contributed by atoms with Gasteiger partial charge in [-0.25, -0.2) is 0 Å². The highest BCUT2D eigenvalue weighted by Crippen LogP contribution is 2.37. The van der Waals surface area contributed by atoms with E-state index in [1.54, 1.807) is 50.5 Å². The van der Waals surface area contributed by atoms with Crippen LogP contribution in [-0.2, 0) is 0 Å². The number of carbonyl (C=O) groups excluding carboxylic acids is 1. The molecule has 0 fully saturated rings. The van der Waals surface area contributed by atoms with Crippen molar-refractivity contribution in [2.45, 2.75) is 6.18 Å². The standard InChI is InChI=1S/C19H13Cl2F3N2O/c1-26(2)17-14-5-3-4-13(10-6-11(20)8-12(21)7-10)16(14)25-9-15(17)18(27)19(22,23)24/h3-9H,1-2H3. The average molecular weight is 413 g/mol. The summed E-state index contributed by atoms with van der Waals surface area (Å²) in [5.41, 5.74) is 1.41. The molecule has 3 aromatic rings. The fraction of sp³-hybridized carbons (Fsp3) is 0.158. The number of hydrogen-bond acceptors (Lipinski definition) is 3. The first-order valence-electron chi connectivity index (χ1n) is 7.76. The maximum atomic E-state index is 13.0. The van der Waals surface area contributed by atoms with Gasteiger partial charge in [0.05, 0.1) is 16.8 Å². The van der Waals surface area contributed by atoms with E-state index in [0.717, 1.165) is 6.20 Å². The molecule has 0 spiro atoms. The molecule has 0 atom stereocenters. The van der Waals surface area contributed by atoms with E-state index < -0.39 is 17.5 Å². The zero-order chi connectivity index (χ0) is 19.9. The van der Waals surface area contributed by atoms with Crippen LogP contribution in [0.5, 0.6) is 0 Å². The Balaban J connectivity index is 2.33. The molecule has 0 aliphatic heterocycles. The minimum absolute atomic E-state index is 0.150. The van der Waals surface area contributed by atoms with Gasteiger partial charge in [-0.2, -0.15) is 13.2 Å². The predicted octanol–water partition coefficient (Wildman–Crippen LogP) is 6.02. The fourth-order valence-corrected chi connectivity index (χ4v) is 3.48. The van der Waals surface area contributed by atoms with Crippen molar-refractivity contribution in [3.05, 3.63) is 58.2 Å². The number of halogens is 5. The fourth-order valence-electron chi connectivity index (χ4n) is 2.95. The number of carbonyl (C=O) groups is 1. The Morgan fingerprint density at radius 1 is 1.07 bits per heavy atom. The Morgan fingerprint density at radius 2 is 1.70 bits per heavy atom. The molecule has 0 unspecified atom stereocenters. The number of benzene rings is 2. The second-order valence-electron chi connectivity index (χ2n) is 6.10. The molecular formula is C19H13Cl2F3N2O. The van der Waals surface area contributed by atoms with E-state index in [2.05, 4.69) is 4.98 Å². The summed E-state index contributed by atoms with van der Waals surface area (Å²) in [6.45, 7) is 0. The van der Waals surface area contributed by atoms with Gasteiger partial charge in [-0.05, 0) is 23.8 Å². The second-order valence-corrected chi connectivity index (χ2v) is 6.97. The van der Waals surface area contributed by atoms with Crippen molar-refractivity contribution in [2.24, 2.45) is 0 Å². The number of hydrogen-bond donors (Lipinski definition) is 0. The molecule has 0 aliphatic carbocycles. The summed E-state index contributed by atoms with van der Waals surface area (Å²) in [4.78, 5) is 17.5. The molecule has 1 heterocycles. The van der Waals surface area contributed by atoms with Crippen LogP contribution in [0.1, 0.15) is 10.4 Å². The summed E-state index contributed by atoms with van der Waals surface area (Å²) in [7, 11) is 3.15. The normalized spacial score (nSPS) is 11.7. The SMILES string of the molecule is CN(C)c1c(C(=O)C(F)(F)F)cnc2c(-c3cc(Cl)cc(Cl)c3)cccc12. The van der Waals surface area contributed by atoms with Crippen molar-refractivity contribution in [3.63, 3.8) is 0 Å². The molecule has 2 aromatic carbocycles. The van der Waals surface area contributed by atoms with Crippen LogP contribution in [0, 0.1) is 0 Å². The average Bonchev–Trinajstić information content (AvgIpc) is 2.57. The van der Waals surface area contributed by atoms with Crippen LogP contribution < -0.4 is 4.90 Å². The minimum atomic E-state index is -4.99. The second kappa shape index (κ2) is 7.02. The van der Waals surface area contributed by atoms with Crippen molar-refractivity contribution >= 4 is 45.6 Å². The van der Waals surface area contributed by atoms with E-state index in [1.165, 1.54) is 4.90 Å². The smallest absolute Gasteiger partial charge is 0.376 e. The summed E-state index contributed by atoms with van der Waals surface area (Å²) in [5.74, 6) is -1.93. The van der Waals surface area contributed by atoms with Crippen LogP contribution in [0.2, 0.25) is 10.0 Å². The molecule has 3 rings (SSSR count). The van der Waals surface area contributed by atoms with Gasteiger partial charge in [-0.3, -0.25) is 9.78 Å². The zero-order valence-corrected chi connectivity index (χ0v) is 15.7. The maximum Gasteiger partial charge on any atom is 0.455 e. The lowest BCUT2D eigenvalue weighted by Crippen LogP contribution is -2.26. The monoisotopic (exact) mass is 412 g/mol. The lowest BCUT2D eigenvalue weighted by Gasteiger charge is -2.20. The first-order valence-corrected chi connectivity index (χ1v) is 8.52. The van der Waals surface area contributed by atoms with Gasteiger partial charge in [0.1, 0.15) is 0 Å². The number of fused-ring (bicyclic) bond motifs is 1. The first-order chi connectivity index (χ1) is 12.6. The molecule has 0 radical (unpaired) electrons. The van der Waals surface area contributed by atoms with Gasteiger partial charge >= 0.3 is 6.18 Å². The number of pyridine rings is 1. The van der Waals surface area contributed by atoms with Crippen molar-refractivity contribution in [3.8, 4) is 11.1 Å². The number of rotatable bonds is 3. The number of nitrogens with zero attached hydrogens (tertiary/aromatic N) is 2. The minimum Gasteiger partial charge on any atom is -0.376 e. The number of alkyl halides is 3. The van der Waals surface area contributed by atoms with Crippen molar-refractivity contribution in [1.82, 2.24) is 4.98 Å². The summed E-state index contributed by atoms with van der Waals surface area (Å²) in [6, 6.07) is 10.0. The number of para-hydroxylation sites is 1. The van der Waals surface area contributed by atoms with Gasteiger partial charge in [0.25, 0.3) is 5.78 Å². The molecule has 0 N–H and O–H groups in total. The topological polar surface area (TPSA) is 33.2 Å². The molecule has 8 heteroatoms. The molecule has 27 heavy (non-hydrogen) atoms. The van der Waals surface area contributed by atoms with Crippen LogP contribution in [-0.4, -0.2) is 31.0 Å². The van der Waals surface area contributed by atoms with Crippen molar-refractivity contribution in [1.29, 1.82) is 0 Å². The lowest BCUT2D eigenvalue weighted by molar-refractivity contribution is -0.0884. The third-order valence-electron chi connectivity index (χ3n) is 3.99. The quantitative estimate of drug-likeness (QED) is 0.493. The highest BCUT2D eigenvalue weighted by Gasteiger charge is 2.41. The van der Waals surface area contributed by atoms with Gasteiger partial charge in [0.15, 0.2) is 0 Å². The molecule has 1 aromatic heterocycles. The number of aromatic nitrogens is 1. The van der Waals surface area contributed by atoms with Crippen LogP contribution in [0.3, 0.4) is 0 Å². The maximum absolute atomic E-state index is 13.0. The lowest BCUT2D eigenvalue weighted by atomic mass is 9.98. The van der Waals surface area contributed by atoms with E-state index in [1.807, 2.05) is 0 Å². The molecule has 0 saturated heterocycles. The summed E-state index contributed by atoms with van der Waals surface area (Å²) in [6.07, 6.45) is -4.03. The van der Waals surface area contributed by atoms with Crippen molar-refractivity contribution in [2.75, 3.05) is 19.0 Å². The molecular weight excluding hydrogens is 400 g/mol. The summed E-state index contributed by atoms with van der Waals surface area (Å²) < 4.78 is 39.0. The van der Waals surface area contributed by atoms with E-state index in [0.29, 0.717) is 32.1 Å². The van der Waals surface area contributed by atoms with Crippen LogP contribution >= 0.6 is 23.2 Å². The third kappa shape index (κ3) is 3.73. The molecule has 0 bridgehead atoms. The van der Waals surface area contributed by atoms with E-state index in [4.69, 9.17) is 23.2 Å². The Labute approximate surface area is 163 Å². The van der Waals surface area contributed by atoms with E-state index in [9.17, 15) is 18.0 Å². The van der Waals surface area contributed by atoms with Gasteiger partial charge in [0, 0.05) is 41.3 Å². The predicted molar refractivity (Wildman–Crippen MR) is 102 cm³/mol. The highest BCUT2D eigenvalue weighted by molar-refractivity contribution is 6.35. The van der Waals surface area contributed by atoms with E-state index in [-0.39, 0.29) is 5.69 Å². The van der Waals surface area contributed by atoms with Crippen LogP contribution in [0.4, 0.5) is 18.9 Å². The summed E-state index contributed by atoms with van der Waals surface area (Å²) in [5, 5.41) is 1.26. The third-order valence-corrected chi connectivity index (χ3v) is 4.43. The largest absolute Gasteiger partial charge is 0.455 e. The number of anilines is 1. The van der Waals surface area contributed by atoms with Gasteiger partial charge in [-0.1, -0.05) is 41.4 Å². The number of Topliss-reactive ketones (excluding diaryl/α,β-unsaturated/α-hetero) is 1. The van der Waals surface area contributed by atoms with E-state index >= 15 is 0 Å². The Kier molecular flexibility index (Phi) is 5.06. The van der Waals surface area contributed by atoms with Crippen molar-refractivity contribution < 1.29 is 18.0 Å². The molecule has 140 valence electrons.